The highest BCUT2D eigenvalue weighted by atomic mass is 35.5. The summed E-state index contributed by atoms with van der Waals surface area (Å²) in [5.74, 6) is -0.0254. The molecule has 122 valence electrons. The van der Waals surface area contributed by atoms with Gasteiger partial charge in [-0.3, -0.25) is 9.59 Å². The van der Waals surface area contributed by atoms with Crippen LogP contribution in [-0.2, 0) is 9.53 Å². The smallest absolute Gasteiger partial charge is 0.307 e. The molecule has 2 aromatic rings. The molecule has 1 aromatic heterocycles. The van der Waals surface area contributed by atoms with Crippen molar-refractivity contribution in [3.05, 3.63) is 51.7 Å². The summed E-state index contributed by atoms with van der Waals surface area (Å²) in [6, 6.07) is 10.6. The molecule has 23 heavy (non-hydrogen) atoms. The van der Waals surface area contributed by atoms with E-state index in [1.165, 1.54) is 11.3 Å². The lowest BCUT2D eigenvalue weighted by molar-refractivity contribution is -0.144. The van der Waals surface area contributed by atoms with Gasteiger partial charge in [0, 0.05) is 6.54 Å². The van der Waals surface area contributed by atoms with Crippen LogP contribution in [-0.4, -0.2) is 31.6 Å². The fraction of sp³-hybridized carbons (Fsp3) is 0.250. The molecule has 0 unspecified atom stereocenters. The number of carbonyl (C=O) groups excluding carboxylic acids is 2. The standard InChI is InChI=1S/C16H16ClNO4S/c17-12-4-1-2-5-13(12)21-9-10-22-15(19)7-8-18-16(20)14-6-3-11-23-14/h1-6,11H,7-10H2,(H,18,20). The lowest BCUT2D eigenvalue weighted by Gasteiger charge is -2.08. The Labute approximate surface area is 143 Å². The molecule has 0 aliphatic carbocycles. The highest BCUT2D eigenvalue weighted by Crippen LogP contribution is 2.22. The highest BCUT2D eigenvalue weighted by Gasteiger charge is 2.08. The Balaban J connectivity index is 1.57. The summed E-state index contributed by atoms with van der Waals surface area (Å²) in [6.45, 7) is 0.584. The number of hydrogen-bond acceptors (Lipinski definition) is 5. The second kappa shape index (κ2) is 9.17. The van der Waals surface area contributed by atoms with Crippen LogP contribution in [0.1, 0.15) is 16.1 Å². The van der Waals surface area contributed by atoms with Crippen molar-refractivity contribution < 1.29 is 19.1 Å². The summed E-state index contributed by atoms with van der Waals surface area (Å²) in [5.41, 5.74) is 0. The molecule has 0 bridgehead atoms. The maximum absolute atomic E-state index is 11.7. The van der Waals surface area contributed by atoms with Gasteiger partial charge in [0.25, 0.3) is 5.91 Å². The Bertz CT molecular complexity index is 645. The van der Waals surface area contributed by atoms with Crippen LogP contribution in [0.2, 0.25) is 5.02 Å². The summed E-state index contributed by atoms with van der Waals surface area (Å²) >= 11 is 7.28. The van der Waals surface area contributed by atoms with E-state index in [1.807, 2.05) is 11.4 Å². The van der Waals surface area contributed by atoms with Crippen LogP contribution < -0.4 is 10.1 Å². The monoisotopic (exact) mass is 353 g/mol. The minimum Gasteiger partial charge on any atom is -0.488 e. The van der Waals surface area contributed by atoms with Crippen molar-refractivity contribution in [2.24, 2.45) is 0 Å². The molecule has 5 nitrogen and oxygen atoms in total. The average molecular weight is 354 g/mol. The molecule has 2 rings (SSSR count). The normalized spacial score (nSPS) is 10.1. The van der Waals surface area contributed by atoms with Crippen molar-refractivity contribution in [2.45, 2.75) is 6.42 Å². The maximum atomic E-state index is 11.7. The van der Waals surface area contributed by atoms with E-state index in [0.29, 0.717) is 15.6 Å². The largest absolute Gasteiger partial charge is 0.488 e. The number of carbonyl (C=O) groups is 2. The number of amides is 1. The number of nitrogens with one attached hydrogen (secondary N) is 1. The molecule has 1 amide bonds. The first-order valence-corrected chi connectivity index (χ1v) is 8.27. The van der Waals surface area contributed by atoms with Crippen molar-refractivity contribution in [3.8, 4) is 5.75 Å². The Morgan fingerprint density at radius 2 is 1.96 bits per heavy atom. The quantitative estimate of drug-likeness (QED) is 0.585. The summed E-state index contributed by atoms with van der Waals surface area (Å²) in [5, 5.41) is 4.99. The zero-order valence-corrected chi connectivity index (χ0v) is 13.9. The van der Waals surface area contributed by atoms with E-state index in [9.17, 15) is 9.59 Å². The van der Waals surface area contributed by atoms with E-state index in [1.54, 1.807) is 30.3 Å². The van der Waals surface area contributed by atoms with Gasteiger partial charge in [-0.2, -0.15) is 0 Å². The lowest BCUT2D eigenvalue weighted by Crippen LogP contribution is -2.26. The third-order valence-corrected chi connectivity index (χ3v) is 3.98. The Hall–Kier alpha value is -2.05. The predicted octanol–water partition coefficient (Wildman–Crippen LogP) is 3.14. The van der Waals surface area contributed by atoms with Crippen molar-refractivity contribution >= 4 is 34.8 Å². The zero-order valence-electron chi connectivity index (χ0n) is 12.3. The average Bonchev–Trinajstić information content (AvgIpc) is 3.07. The van der Waals surface area contributed by atoms with Crippen LogP contribution in [0.5, 0.6) is 5.75 Å². The molecule has 0 aliphatic heterocycles. The summed E-state index contributed by atoms with van der Waals surface area (Å²) < 4.78 is 10.4. The minimum atomic E-state index is -0.390. The van der Waals surface area contributed by atoms with Gasteiger partial charge in [0.05, 0.1) is 16.3 Å². The molecule has 1 aromatic carbocycles. The Kier molecular flexibility index (Phi) is 6.90. The van der Waals surface area contributed by atoms with Crippen molar-refractivity contribution in [1.29, 1.82) is 0 Å². The predicted molar refractivity (Wildman–Crippen MR) is 89.2 cm³/mol. The molecule has 0 saturated carbocycles. The van der Waals surface area contributed by atoms with Gasteiger partial charge in [0.1, 0.15) is 19.0 Å². The molecule has 0 saturated heterocycles. The summed E-state index contributed by atoms with van der Waals surface area (Å²) in [7, 11) is 0. The Morgan fingerprint density at radius 3 is 2.70 bits per heavy atom. The second-order valence-electron chi connectivity index (χ2n) is 4.48. The number of rotatable bonds is 8. The molecule has 0 fully saturated rings. The molecular weight excluding hydrogens is 338 g/mol. The fourth-order valence-electron chi connectivity index (χ4n) is 1.71. The molecule has 1 heterocycles. The third-order valence-electron chi connectivity index (χ3n) is 2.80. The first-order chi connectivity index (χ1) is 11.2. The number of benzene rings is 1. The van der Waals surface area contributed by atoms with E-state index >= 15 is 0 Å². The fourth-order valence-corrected chi connectivity index (χ4v) is 2.54. The van der Waals surface area contributed by atoms with Gasteiger partial charge in [-0.25, -0.2) is 0 Å². The molecule has 0 atom stereocenters. The van der Waals surface area contributed by atoms with Crippen LogP contribution in [0, 0.1) is 0 Å². The number of thiophene rings is 1. The molecule has 0 radical (unpaired) electrons. The van der Waals surface area contributed by atoms with Crippen molar-refractivity contribution in [2.75, 3.05) is 19.8 Å². The first kappa shape index (κ1) is 17.3. The van der Waals surface area contributed by atoms with Gasteiger partial charge in [-0.15, -0.1) is 11.3 Å². The van der Waals surface area contributed by atoms with Gasteiger partial charge in [-0.1, -0.05) is 29.8 Å². The highest BCUT2D eigenvalue weighted by molar-refractivity contribution is 7.12. The van der Waals surface area contributed by atoms with E-state index < -0.39 is 0 Å². The maximum Gasteiger partial charge on any atom is 0.307 e. The molecule has 0 spiro atoms. The number of ether oxygens (including phenoxy) is 2. The third kappa shape index (κ3) is 5.92. The summed E-state index contributed by atoms with van der Waals surface area (Å²) in [4.78, 5) is 23.8. The van der Waals surface area contributed by atoms with Crippen molar-refractivity contribution in [3.63, 3.8) is 0 Å². The van der Waals surface area contributed by atoms with E-state index in [0.717, 1.165) is 0 Å². The number of hydrogen-bond donors (Lipinski definition) is 1. The number of esters is 1. The van der Waals surface area contributed by atoms with Crippen molar-refractivity contribution in [1.82, 2.24) is 5.32 Å². The Morgan fingerprint density at radius 1 is 1.13 bits per heavy atom. The summed E-state index contributed by atoms with van der Waals surface area (Å²) in [6.07, 6.45) is 0.114. The first-order valence-electron chi connectivity index (χ1n) is 7.01. The van der Waals surface area contributed by atoms with Crippen LogP contribution in [0.4, 0.5) is 0 Å². The van der Waals surface area contributed by atoms with Crippen LogP contribution >= 0.6 is 22.9 Å². The molecule has 1 N–H and O–H groups in total. The SMILES string of the molecule is O=C(CCNC(=O)c1cccs1)OCCOc1ccccc1Cl. The van der Waals surface area contributed by atoms with Crippen LogP contribution in [0.15, 0.2) is 41.8 Å². The van der Waals surface area contributed by atoms with Crippen LogP contribution in [0.3, 0.4) is 0 Å². The molecule has 0 aliphatic rings. The number of halogens is 1. The molecular formula is C16H16ClNO4S. The minimum absolute atomic E-state index is 0.114. The topological polar surface area (TPSA) is 64.6 Å². The number of para-hydroxylation sites is 1. The molecule has 7 heteroatoms. The van der Waals surface area contributed by atoms with E-state index in [2.05, 4.69) is 5.32 Å². The second-order valence-corrected chi connectivity index (χ2v) is 5.84. The van der Waals surface area contributed by atoms with Crippen LogP contribution in [0.25, 0.3) is 0 Å². The van der Waals surface area contributed by atoms with Gasteiger partial charge in [0.2, 0.25) is 0 Å². The van der Waals surface area contributed by atoms with Gasteiger partial charge in [0.15, 0.2) is 0 Å². The van der Waals surface area contributed by atoms with E-state index in [-0.39, 0.29) is 38.1 Å². The van der Waals surface area contributed by atoms with E-state index in [4.69, 9.17) is 21.1 Å². The van der Waals surface area contributed by atoms with Gasteiger partial charge in [-0.05, 0) is 23.6 Å². The zero-order chi connectivity index (χ0) is 16.5. The van der Waals surface area contributed by atoms with Gasteiger partial charge < -0.3 is 14.8 Å². The van der Waals surface area contributed by atoms with Gasteiger partial charge >= 0.3 is 5.97 Å². The lowest BCUT2D eigenvalue weighted by atomic mass is 10.3.